The summed E-state index contributed by atoms with van der Waals surface area (Å²) in [7, 11) is 0. The van der Waals surface area contributed by atoms with Crippen molar-refractivity contribution in [1.82, 2.24) is 5.32 Å². The van der Waals surface area contributed by atoms with Gasteiger partial charge in [-0.25, -0.2) is 4.79 Å². The molecule has 0 aliphatic heterocycles. The maximum absolute atomic E-state index is 11.6. The fourth-order valence-corrected chi connectivity index (χ4v) is 1.38. The van der Waals surface area contributed by atoms with Crippen molar-refractivity contribution < 1.29 is 19.8 Å². The second kappa shape index (κ2) is 6.73. The van der Waals surface area contributed by atoms with E-state index in [1.807, 2.05) is 6.07 Å². The van der Waals surface area contributed by atoms with Crippen LogP contribution in [0, 0.1) is 0 Å². The van der Waals surface area contributed by atoms with Gasteiger partial charge in [0, 0.05) is 13.0 Å². The predicted octanol–water partition coefficient (Wildman–Crippen LogP) is -0.362. The molecule has 0 aliphatic rings. The molecule has 0 saturated carbocycles. The molecule has 5 N–H and O–H groups in total. The second-order valence-corrected chi connectivity index (χ2v) is 3.82. The van der Waals surface area contributed by atoms with Crippen molar-refractivity contribution in [1.29, 1.82) is 0 Å². The van der Waals surface area contributed by atoms with E-state index in [2.05, 4.69) is 5.32 Å². The van der Waals surface area contributed by atoms with Crippen LogP contribution in [0.4, 0.5) is 0 Å². The van der Waals surface area contributed by atoms with Gasteiger partial charge in [0.25, 0.3) is 0 Å². The van der Waals surface area contributed by atoms with Crippen LogP contribution in [0.3, 0.4) is 0 Å². The molecule has 1 unspecified atom stereocenters. The van der Waals surface area contributed by atoms with Crippen molar-refractivity contribution in [2.24, 2.45) is 5.73 Å². The highest BCUT2D eigenvalue weighted by molar-refractivity contribution is 5.82. The van der Waals surface area contributed by atoms with Crippen LogP contribution in [0.2, 0.25) is 0 Å². The van der Waals surface area contributed by atoms with Gasteiger partial charge in [-0.05, 0) is 5.56 Å². The van der Waals surface area contributed by atoms with Gasteiger partial charge in [-0.15, -0.1) is 0 Å². The van der Waals surface area contributed by atoms with Crippen LogP contribution in [0.25, 0.3) is 0 Å². The van der Waals surface area contributed by atoms with Crippen molar-refractivity contribution in [2.45, 2.75) is 18.6 Å². The second-order valence-electron chi connectivity index (χ2n) is 3.82. The zero-order valence-corrected chi connectivity index (χ0v) is 9.74. The summed E-state index contributed by atoms with van der Waals surface area (Å²) in [5.74, 6) is -1.71. The number of carboxylic acids is 1. The predicted molar refractivity (Wildman–Crippen MR) is 64.6 cm³/mol. The SMILES string of the molecule is N[C@@H](C(=O)NCCC(O)C(=O)O)c1ccccc1. The van der Waals surface area contributed by atoms with Crippen LogP contribution in [-0.4, -0.2) is 34.7 Å². The molecule has 1 aromatic carbocycles. The van der Waals surface area contributed by atoms with E-state index < -0.39 is 24.0 Å². The molecule has 0 aromatic heterocycles. The first-order valence-corrected chi connectivity index (χ1v) is 5.51. The van der Waals surface area contributed by atoms with E-state index in [0.29, 0.717) is 5.56 Å². The third-order valence-corrected chi connectivity index (χ3v) is 2.44. The number of nitrogens with one attached hydrogen (secondary N) is 1. The Morgan fingerprint density at radius 3 is 2.44 bits per heavy atom. The molecule has 0 bridgehead atoms. The average molecular weight is 252 g/mol. The molecule has 0 heterocycles. The summed E-state index contributed by atoms with van der Waals surface area (Å²) < 4.78 is 0. The molecular weight excluding hydrogens is 236 g/mol. The van der Waals surface area contributed by atoms with Gasteiger partial charge in [-0.3, -0.25) is 4.79 Å². The van der Waals surface area contributed by atoms with Crippen molar-refractivity contribution in [3.8, 4) is 0 Å². The molecular formula is C12H16N2O4. The highest BCUT2D eigenvalue weighted by Crippen LogP contribution is 2.09. The normalized spacial score (nSPS) is 13.7. The van der Waals surface area contributed by atoms with Crippen LogP contribution < -0.4 is 11.1 Å². The minimum Gasteiger partial charge on any atom is -0.479 e. The van der Waals surface area contributed by atoms with Crippen molar-refractivity contribution in [3.63, 3.8) is 0 Å². The lowest BCUT2D eigenvalue weighted by Crippen LogP contribution is -2.36. The molecule has 6 heteroatoms. The molecule has 0 spiro atoms. The fraction of sp³-hybridized carbons (Fsp3) is 0.333. The lowest BCUT2D eigenvalue weighted by Gasteiger charge is -2.13. The van der Waals surface area contributed by atoms with E-state index in [1.54, 1.807) is 24.3 Å². The third-order valence-electron chi connectivity index (χ3n) is 2.44. The van der Waals surface area contributed by atoms with E-state index in [-0.39, 0.29) is 13.0 Å². The van der Waals surface area contributed by atoms with E-state index in [1.165, 1.54) is 0 Å². The third kappa shape index (κ3) is 4.15. The summed E-state index contributed by atoms with van der Waals surface area (Å²) in [4.78, 5) is 22.0. The lowest BCUT2D eigenvalue weighted by molar-refractivity contribution is -0.147. The van der Waals surface area contributed by atoms with Gasteiger partial charge in [-0.2, -0.15) is 0 Å². The van der Waals surface area contributed by atoms with E-state index >= 15 is 0 Å². The molecule has 2 atom stereocenters. The summed E-state index contributed by atoms with van der Waals surface area (Å²) >= 11 is 0. The van der Waals surface area contributed by atoms with Crippen molar-refractivity contribution in [2.75, 3.05) is 6.54 Å². The van der Waals surface area contributed by atoms with Gasteiger partial charge in [0.05, 0.1) is 0 Å². The Labute approximate surface area is 104 Å². The Kier molecular flexibility index (Phi) is 5.29. The van der Waals surface area contributed by atoms with E-state index in [4.69, 9.17) is 15.9 Å². The Balaban J connectivity index is 2.40. The molecule has 0 aliphatic carbocycles. The van der Waals surface area contributed by atoms with Gasteiger partial charge in [-0.1, -0.05) is 30.3 Å². The van der Waals surface area contributed by atoms with Gasteiger partial charge < -0.3 is 21.3 Å². The Morgan fingerprint density at radius 1 is 1.28 bits per heavy atom. The number of carboxylic acid groups (broad SMARTS) is 1. The first-order chi connectivity index (χ1) is 8.52. The molecule has 18 heavy (non-hydrogen) atoms. The number of amides is 1. The first-order valence-electron chi connectivity index (χ1n) is 5.51. The number of nitrogens with two attached hydrogens (primary N) is 1. The highest BCUT2D eigenvalue weighted by atomic mass is 16.4. The molecule has 98 valence electrons. The number of hydrogen-bond donors (Lipinski definition) is 4. The maximum Gasteiger partial charge on any atom is 0.332 e. The minimum atomic E-state index is -1.47. The lowest BCUT2D eigenvalue weighted by atomic mass is 10.1. The highest BCUT2D eigenvalue weighted by Gasteiger charge is 2.17. The minimum absolute atomic E-state index is 0.0530. The summed E-state index contributed by atoms with van der Waals surface area (Å²) in [6.07, 6.45) is -1.53. The Morgan fingerprint density at radius 2 is 1.89 bits per heavy atom. The zero-order chi connectivity index (χ0) is 13.5. The molecule has 0 saturated heterocycles. The van der Waals surface area contributed by atoms with Crippen LogP contribution >= 0.6 is 0 Å². The van der Waals surface area contributed by atoms with Crippen LogP contribution in [-0.2, 0) is 9.59 Å². The van der Waals surface area contributed by atoms with Crippen LogP contribution in [0.5, 0.6) is 0 Å². The quantitative estimate of drug-likeness (QED) is 0.552. The number of hydrogen-bond acceptors (Lipinski definition) is 4. The standard InChI is InChI=1S/C12H16N2O4/c13-10(8-4-2-1-3-5-8)11(16)14-7-6-9(15)12(17)18/h1-5,9-10,15H,6-7,13H2,(H,14,16)(H,17,18)/t9?,10-/m1/s1. The van der Waals surface area contributed by atoms with E-state index in [9.17, 15) is 9.59 Å². The van der Waals surface area contributed by atoms with Gasteiger partial charge in [0.2, 0.25) is 5.91 Å². The molecule has 1 rings (SSSR count). The first kappa shape index (κ1) is 14.1. The molecule has 0 radical (unpaired) electrons. The average Bonchev–Trinajstić information content (AvgIpc) is 2.38. The van der Waals surface area contributed by atoms with Gasteiger partial charge in [0.15, 0.2) is 6.10 Å². The number of carbonyl (C=O) groups is 2. The van der Waals surface area contributed by atoms with Gasteiger partial charge >= 0.3 is 5.97 Å². The van der Waals surface area contributed by atoms with Crippen molar-refractivity contribution >= 4 is 11.9 Å². The number of carbonyl (C=O) groups excluding carboxylic acids is 1. The maximum atomic E-state index is 11.6. The Hall–Kier alpha value is -1.92. The fourth-order valence-electron chi connectivity index (χ4n) is 1.38. The van der Waals surface area contributed by atoms with Crippen LogP contribution in [0.15, 0.2) is 30.3 Å². The van der Waals surface area contributed by atoms with E-state index in [0.717, 1.165) is 0 Å². The van der Waals surface area contributed by atoms with Crippen LogP contribution in [0.1, 0.15) is 18.0 Å². The number of aliphatic hydroxyl groups is 1. The largest absolute Gasteiger partial charge is 0.479 e. The molecule has 0 fully saturated rings. The number of aliphatic hydroxyl groups excluding tert-OH is 1. The summed E-state index contributed by atoms with van der Waals surface area (Å²) in [6, 6.07) is 8.03. The topological polar surface area (TPSA) is 113 Å². The summed E-state index contributed by atoms with van der Waals surface area (Å²) in [6.45, 7) is 0.0623. The number of benzene rings is 1. The molecule has 1 amide bonds. The number of rotatable bonds is 6. The number of aliphatic carboxylic acids is 1. The van der Waals surface area contributed by atoms with Gasteiger partial charge in [0.1, 0.15) is 6.04 Å². The van der Waals surface area contributed by atoms with Crippen molar-refractivity contribution in [3.05, 3.63) is 35.9 Å². The summed E-state index contributed by atoms with van der Waals surface area (Å²) in [5, 5.41) is 19.9. The smallest absolute Gasteiger partial charge is 0.332 e. The monoisotopic (exact) mass is 252 g/mol. The summed E-state index contributed by atoms with van der Waals surface area (Å²) in [5.41, 5.74) is 6.40. The Bertz CT molecular complexity index is 408. The molecule has 1 aromatic rings. The molecule has 6 nitrogen and oxygen atoms in total. The zero-order valence-electron chi connectivity index (χ0n) is 9.74.